The standard InChI is InChI=1S/C27H29Cl2F3N2O5S/c1-15(2)24(25(36)27(30,31)32)33-26(37)22-11-21(40-14-16-4-6-19(38-3)7-5-16)12-34(22)23(35)13-39-20-9-17(28)8-18(29)10-20/h4-10,15,21-22,24H,11-14H2,1-3H3,(H,33,37)/t21-,22+,24+/m1/s1. The molecule has 1 aliphatic heterocycles. The molecule has 1 heterocycles. The zero-order valence-electron chi connectivity index (χ0n) is 22.0. The van der Waals surface area contributed by atoms with Crippen LogP contribution >= 0.6 is 35.0 Å². The molecule has 1 N–H and O–H groups in total. The highest BCUT2D eigenvalue weighted by molar-refractivity contribution is 7.99. The molecule has 2 aromatic carbocycles. The molecule has 0 spiro atoms. The van der Waals surface area contributed by atoms with Crippen LogP contribution in [0.15, 0.2) is 42.5 Å². The molecular weight excluding hydrogens is 592 g/mol. The average molecular weight is 622 g/mol. The minimum Gasteiger partial charge on any atom is -0.497 e. The number of benzene rings is 2. The SMILES string of the molecule is COc1ccc(CS[C@@H]2C[C@@H](C(=O)N[C@H](C(=O)C(F)(F)F)C(C)C)N(C(=O)COc3cc(Cl)cc(Cl)c3)C2)cc1. The second kappa shape index (κ2) is 13.8. The summed E-state index contributed by atoms with van der Waals surface area (Å²) in [5.41, 5.74) is 0.994. The molecule has 40 heavy (non-hydrogen) atoms. The van der Waals surface area contributed by atoms with E-state index in [0.29, 0.717) is 21.5 Å². The summed E-state index contributed by atoms with van der Waals surface area (Å²) in [6, 6.07) is 9.00. The molecule has 0 aromatic heterocycles. The van der Waals surface area contributed by atoms with Gasteiger partial charge in [-0.3, -0.25) is 14.4 Å². The first-order valence-electron chi connectivity index (χ1n) is 12.3. The summed E-state index contributed by atoms with van der Waals surface area (Å²) < 4.78 is 50.2. The first-order chi connectivity index (χ1) is 18.8. The van der Waals surface area contributed by atoms with Gasteiger partial charge in [0.25, 0.3) is 11.7 Å². The fourth-order valence-electron chi connectivity index (χ4n) is 4.18. The molecule has 2 amide bonds. The van der Waals surface area contributed by atoms with E-state index in [1.54, 1.807) is 7.11 Å². The van der Waals surface area contributed by atoms with Crippen LogP contribution < -0.4 is 14.8 Å². The Balaban J connectivity index is 1.75. The largest absolute Gasteiger partial charge is 0.497 e. The molecule has 3 rings (SSSR count). The summed E-state index contributed by atoms with van der Waals surface area (Å²) in [5.74, 6) is -2.72. The number of likely N-dealkylation sites (tertiary alicyclic amines) is 1. The maximum Gasteiger partial charge on any atom is 0.452 e. The molecule has 1 aliphatic rings. The Hall–Kier alpha value is -2.63. The van der Waals surface area contributed by atoms with Gasteiger partial charge in [0.2, 0.25) is 5.91 Å². The maximum atomic E-state index is 13.2. The molecule has 0 radical (unpaired) electrons. The number of amides is 2. The normalized spacial score (nSPS) is 18.0. The molecule has 218 valence electrons. The Morgan fingerprint density at radius 2 is 1.70 bits per heavy atom. The van der Waals surface area contributed by atoms with Gasteiger partial charge in [-0.15, -0.1) is 0 Å². The first-order valence-corrected chi connectivity index (χ1v) is 14.1. The van der Waals surface area contributed by atoms with Gasteiger partial charge in [-0.1, -0.05) is 49.2 Å². The molecule has 2 aromatic rings. The van der Waals surface area contributed by atoms with Crippen LogP contribution in [0.5, 0.6) is 11.5 Å². The third-order valence-electron chi connectivity index (χ3n) is 6.26. The summed E-state index contributed by atoms with van der Waals surface area (Å²) in [6.07, 6.45) is -4.93. The maximum absolute atomic E-state index is 13.2. The Labute approximate surface area is 244 Å². The number of Topliss-reactive ketones (excluding diaryl/α,β-unsaturated/α-hetero) is 1. The van der Waals surface area contributed by atoms with Gasteiger partial charge in [-0.05, 0) is 48.2 Å². The van der Waals surface area contributed by atoms with E-state index in [9.17, 15) is 27.6 Å². The Morgan fingerprint density at radius 1 is 1.07 bits per heavy atom. The number of nitrogens with zero attached hydrogens (tertiary/aromatic N) is 1. The molecule has 1 fully saturated rings. The third-order valence-corrected chi connectivity index (χ3v) is 8.00. The van der Waals surface area contributed by atoms with Crippen LogP contribution in [0.4, 0.5) is 13.2 Å². The second-order valence-electron chi connectivity index (χ2n) is 9.56. The van der Waals surface area contributed by atoms with Gasteiger partial charge < -0.3 is 19.7 Å². The van der Waals surface area contributed by atoms with E-state index >= 15 is 0 Å². The van der Waals surface area contributed by atoms with Gasteiger partial charge in [-0.2, -0.15) is 24.9 Å². The van der Waals surface area contributed by atoms with Crippen molar-refractivity contribution in [2.24, 2.45) is 5.92 Å². The van der Waals surface area contributed by atoms with Crippen molar-refractivity contribution >= 4 is 52.6 Å². The number of rotatable bonds is 11. The number of ketones is 1. The lowest BCUT2D eigenvalue weighted by Gasteiger charge is -2.28. The smallest absolute Gasteiger partial charge is 0.452 e. The van der Waals surface area contributed by atoms with E-state index in [0.717, 1.165) is 5.56 Å². The monoisotopic (exact) mass is 620 g/mol. The van der Waals surface area contributed by atoms with Gasteiger partial charge in [0, 0.05) is 27.6 Å². The van der Waals surface area contributed by atoms with E-state index in [2.05, 4.69) is 5.32 Å². The van der Waals surface area contributed by atoms with E-state index in [-0.39, 0.29) is 24.0 Å². The number of nitrogens with one attached hydrogen (secondary N) is 1. The van der Waals surface area contributed by atoms with Crippen molar-refractivity contribution in [1.29, 1.82) is 0 Å². The Kier molecular flexibility index (Phi) is 11.0. The predicted molar refractivity (Wildman–Crippen MR) is 148 cm³/mol. The number of halogens is 5. The van der Waals surface area contributed by atoms with Gasteiger partial charge in [0.15, 0.2) is 6.61 Å². The summed E-state index contributed by atoms with van der Waals surface area (Å²) in [5, 5.41) is 2.65. The van der Waals surface area contributed by atoms with Crippen molar-refractivity contribution in [2.75, 3.05) is 20.3 Å². The Bertz CT molecular complexity index is 1190. The molecule has 1 saturated heterocycles. The van der Waals surface area contributed by atoms with Crippen LogP contribution in [0.3, 0.4) is 0 Å². The van der Waals surface area contributed by atoms with Crippen LogP contribution in [0.1, 0.15) is 25.8 Å². The highest BCUT2D eigenvalue weighted by Crippen LogP contribution is 2.32. The van der Waals surface area contributed by atoms with E-state index in [1.165, 1.54) is 48.7 Å². The molecule has 13 heteroatoms. The number of hydrogen-bond donors (Lipinski definition) is 1. The van der Waals surface area contributed by atoms with Crippen LogP contribution in [0.2, 0.25) is 10.0 Å². The fraction of sp³-hybridized carbons (Fsp3) is 0.444. The molecule has 3 atom stereocenters. The minimum absolute atomic E-state index is 0.164. The number of hydrogen-bond acceptors (Lipinski definition) is 6. The number of alkyl halides is 3. The number of ether oxygens (including phenoxy) is 2. The fourth-order valence-corrected chi connectivity index (χ4v) is 5.89. The zero-order valence-corrected chi connectivity index (χ0v) is 24.3. The van der Waals surface area contributed by atoms with Crippen molar-refractivity contribution in [2.45, 2.75) is 49.5 Å². The third kappa shape index (κ3) is 8.68. The lowest BCUT2D eigenvalue weighted by atomic mass is 9.98. The number of carbonyl (C=O) groups is 3. The van der Waals surface area contributed by atoms with Crippen molar-refractivity contribution < 1.29 is 37.0 Å². The molecule has 0 bridgehead atoms. The summed E-state index contributed by atoms with van der Waals surface area (Å²) in [4.78, 5) is 39.7. The van der Waals surface area contributed by atoms with Crippen molar-refractivity contribution in [3.8, 4) is 11.5 Å². The highest BCUT2D eigenvalue weighted by atomic mass is 35.5. The lowest BCUT2D eigenvalue weighted by molar-refractivity contribution is -0.175. The van der Waals surface area contributed by atoms with Crippen LogP contribution in [-0.2, 0) is 20.1 Å². The van der Waals surface area contributed by atoms with Crippen molar-refractivity contribution in [3.05, 3.63) is 58.1 Å². The summed E-state index contributed by atoms with van der Waals surface area (Å²) in [7, 11) is 1.57. The molecule has 0 saturated carbocycles. The molecule has 0 aliphatic carbocycles. The predicted octanol–water partition coefficient (Wildman–Crippen LogP) is 5.56. The molecule has 0 unspecified atom stereocenters. The average Bonchev–Trinajstić information content (AvgIpc) is 3.32. The van der Waals surface area contributed by atoms with Crippen LogP contribution in [0, 0.1) is 5.92 Å². The quantitative estimate of drug-likeness (QED) is 0.354. The lowest BCUT2D eigenvalue weighted by Crippen LogP contribution is -2.55. The number of carbonyl (C=O) groups excluding carboxylic acids is 3. The summed E-state index contributed by atoms with van der Waals surface area (Å²) >= 11 is 13.5. The van der Waals surface area contributed by atoms with E-state index in [1.807, 2.05) is 24.3 Å². The topological polar surface area (TPSA) is 84.9 Å². The van der Waals surface area contributed by atoms with E-state index < -0.39 is 48.4 Å². The van der Waals surface area contributed by atoms with Gasteiger partial charge in [0.1, 0.15) is 17.5 Å². The van der Waals surface area contributed by atoms with Crippen LogP contribution in [-0.4, -0.2) is 66.3 Å². The second-order valence-corrected chi connectivity index (χ2v) is 11.7. The van der Waals surface area contributed by atoms with Gasteiger partial charge >= 0.3 is 6.18 Å². The zero-order chi connectivity index (χ0) is 29.6. The Morgan fingerprint density at radius 3 is 2.25 bits per heavy atom. The highest BCUT2D eigenvalue weighted by Gasteiger charge is 2.47. The van der Waals surface area contributed by atoms with Gasteiger partial charge in [-0.25, -0.2) is 0 Å². The van der Waals surface area contributed by atoms with Crippen molar-refractivity contribution in [1.82, 2.24) is 10.2 Å². The van der Waals surface area contributed by atoms with Crippen molar-refractivity contribution in [3.63, 3.8) is 0 Å². The molecular formula is C27H29Cl2F3N2O5S. The number of thioether (sulfide) groups is 1. The van der Waals surface area contributed by atoms with Crippen LogP contribution in [0.25, 0.3) is 0 Å². The minimum atomic E-state index is -5.11. The van der Waals surface area contributed by atoms with Gasteiger partial charge in [0.05, 0.1) is 13.2 Å². The number of methoxy groups -OCH3 is 1. The molecule has 7 nitrogen and oxygen atoms in total. The van der Waals surface area contributed by atoms with E-state index in [4.69, 9.17) is 32.7 Å². The summed E-state index contributed by atoms with van der Waals surface area (Å²) in [6.45, 7) is 2.52. The first kappa shape index (κ1) is 31.9.